The number of nitrogens with zero attached hydrogens (tertiary/aromatic N) is 2. The van der Waals surface area contributed by atoms with E-state index in [9.17, 15) is 10.1 Å². The summed E-state index contributed by atoms with van der Waals surface area (Å²) >= 11 is 0. The summed E-state index contributed by atoms with van der Waals surface area (Å²) in [5.41, 5.74) is 0.995. The predicted octanol–water partition coefficient (Wildman–Crippen LogP) is 3.36. The molecule has 6 nitrogen and oxygen atoms in total. The molecule has 2 rings (SSSR count). The van der Waals surface area contributed by atoms with Crippen LogP contribution in [0.1, 0.15) is 24.4 Å². The molecule has 1 atom stereocenters. The zero-order valence-electron chi connectivity index (χ0n) is 13.8. The number of rotatable bonds is 7. The summed E-state index contributed by atoms with van der Waals surface area (Å²) in [6.45, 7) is 7.57. The van der Waals surface area contributed by atoms with E-state index >= 15 is 0 Å². The molecular weight excluding hydrogens is 353 g/mol. The highest BCUT2D eigenvalue weighted by Crippen LogP contribution is 2.33. The highest BCUT2D eigenvalue weighted by atomic mass is 35.5. The Bertz CT molecular complexity index is 537. The second-order valence-electron chi connectivity index (χ2n) is 5.36. The number of nitro benzene ring substituents is 1. The van der Waals surface area contributed by atoms with Gasteiger partial charge in [-0.05, 0) is 24.5 Å². The van der Waals surface area contributed by atoms with E-state index < -0.39 is 0 Å². The normalized spacial score (nSPS) is 15.5. The number of halogens is 2. The molecule has 24 heavy (non-hydrogen) atoms. The van der Waals surface area contributed by atoms with Gasteiger partial charge in [0.2, 0.25) is 0 Å². The first kappa shape index (κ1) is 22.7. The standard InChI is InChI=1S/C16H23N3O3.2ClH/c1-3-4-5-14(18-10-8-17-9-11-18)13-6-7-16(22-2)15(12-13)19(20)21;;/h3,6-7,12,14,17H,1,4-5,8-11H2,2H3;2*1H/t14-;;/m1../s1. The lowest BCUT2D eigenvalue weighted by atomic mass is 9.98. The first-order valence-corrected chi connectivity index (χ1v) is 7.55. The monoisotopic (exact) mass is 377 g/mol. The molecule has 1 heterocycles. The average molecular weight is 378 g/mol. The highest BCUT2D eigenvalue weighted by Gasteiger charge is 2.24. The Balaban J connectivity index is 0.00000264. The van der Waals surface area contributed by atoms with E-state index in [4.69, 9.17) is 4.74 Å². The van der Waals surface area contributed by atoms with Gasteiger partial charge in [-0.3, -0.25) is 15.0 Å². The number of methoxy groups -OCH3 is 1. The van der Waals surface area contributed by atoms with Gasteiger partial charge >= 0.3 is 5.69 Å². The third-order valence-corrected chi connectivity index (χ3v) is 4.02. The van der Waals surface area contributed by atoms with Crippen LogP contribution in [0.3, 0.4) is 0 Å². The number of benzene rings is 1. The van der Waals surface area contributed by atoms with Crippen LogP contribution in [0.15, 0.2) is 30.9 Å². The molecule has 1 fully saturated rings. The van der Waals surface area contributed by atoms with Crippen molar-refractivity contribution in [1.29, 1.82) is 0 Å². The molecule has 1 aliphatic heterocycles. The topological polar surface area (TPSA) is 67.6 Å². The molecule has 0 unspecified atom stereocenters. The van der Waals surface area contributed by atoms with Crippen molar-refractivity contribution in [1.82, 2.24) is 10.2 Å². The number of piperazine rings is 1. The van der Waals surface area contributed by atoms with Crippen molar-refractivity contribution in [2.24, 2.45) is 0 Å². The molecule has 1 saturated heterocycles. The number of hydrogen-bond acceptors (Lipinski definition) is 5. The second kappa shape index (κ2) is 11.3. The lowest BCUT2D eigenvalue weighted by molar-refractivity contribution is -0.385. The summed E-state index contributed by atoms with van der Waals surface area (Å²) in [5, 5.41) is 14.6. The molecule has 0 amide bonds. The Labute approximate surface area is 155 Å². The fourth-order valence-corrected chi connectivity index (χ4v) is 2.89. The van der Waals surface area contributed by atoms with Crippen LogP contribution in [0.25, 0.3) is 0 Å². The van der Waals surface area contributed by atoms with E-state index in [0.717, 1.165) is 44.6 Å². The molecule has 1 aliphatic rings. The molecule has 1 aromatic rings. The van der Waals surface area contributed by atoms with Crippen molar-refractivity contribution in [2.45, 2.75) is 18.9 Å². The lowest BCUT2D eigenvalue weighted by Crippen LogP contribution is -2.45. The lowest BCUT2D eigenvalue weighted by Gasteiger charge is -2.35. The Hall–Kier alpha value is -1.34. The smallest absolute Gasteiger partial charge is 0.311 e. The quantitative estimate of drug-likeness (QED) is 0.448. The van der Waals surface area contributed by atoms with E-state index in [2.05, 4.69) is 16.8 Å². The first-order valence-electron chi connectivity index (χ1n) is 7.55. The molecule has 0 saturated carbocycles. The molecule has 136 valence electrons. The fourth-order valence-electron chi connectivity index (χ4n) is 2.89. The summed E-state index contributed by atoms with van der Waals surface area (Å²) in [6.07, 6.45) is 3.69. The van der Waals surface area contributed by atoms with Gasteiger partial charge in [-0.2, -0.15) is 0 Å². The molecule has 0 spiro atoms. The minimum absolute atomic E-state index is 0. The van der Waals surface area contributed by atoms with Crippen molar-refractivity contribution in [2.75, 3.05) is 33.3 Å². The van der Waals surface area contributed by atoms with Gasteiger partial charge in [-0.1, -0.05) is 12.1 Å². The van der Waals surface area contributed by atoms with E-state index in [0.29, 0.717) is 5.75 Å². The third-order valence-electron chi connectivity index (χ3n) is 4.02. The zero-order chi connectivity index (χ0) is 15.9. The van der Waals surface area contributed by atoms with Crippen LogP contribution in [-0.4, -0.2) is 43.1 Å². The second-order valence-corrected chi connectivity index (χ2v) is 5.36. The number of nitro groups is 1. The predicted molar refractivity (Wildman–Crippen MR) is 101 cm³/mol. The van der Waals surface area contributed by atoms with Crippen LogP contribution in [0.2, 0.25) is 0 Å². The molecule has 0 bridgehead atoms. The van der Waals surface area contributed by atoms with Gasteiger partial charge in [0.1, 0.15) is 0 Å². The Morgan fingerprint density at radius 3 is 2.62 bits per heavy atom. The average Bonchev–Trinajstić information content (AvgIpc) is 2.56. The van der Waals surface area contributed by atoms with Gasteiger partial charge < -0.3 is 10.1 Å². The number of nitrogens with one attached hydrogen (secondary N) is 1. The van der Waals surface area contributed by atoms with Gasteiger partial charge in [-0.25, -0.2) is 0 Å². The van der Waals surface area contributed by atoms with Gasteiger partial charge in [0.15, 0.2) is 5.75 Å². The van der Waals surface area contributed by atoms with Crippen LogP contribution >= 0.6 is 24.8 Å². The number of hydrogen-bond donors (Lipinski definition) is 1. The summed E-state index contributed by atoms with van der Waals surface area (Å²) < 4.78 is 5.09. The number of allylic oxidation sites excluding steroid dienone is 1. The summed E-state index contributed by atoms with van der Waals surface area (Å²) in [6, 6.07) is 5.44. The molecular formula is C16H25Cl2N3O3. The first-order chi connectivity index (χ1) is 10.7. The maximum atomic E-state index is 11.2. The van der Waals surface area contributed by atoms with Crippen molar-refractivity contribution < 1.29 is 9.66 Å². The van der Waals surface area contributed by atoms with Crippen LogP contribution in [-0.2, 0) is 0 Å². The highest BCUT2D eigenvalue weighted by molar-refractivity contribution is 5.85. The fraction of sp³-hybridized carbons (Fsp3) is 0.500. The molecule has 1 N–H and O–H groups in total. The molecule has 0 radical (unpaired) electrons. The van der Waals surface area contributed by atoms with E-state index in [1.165, 1.54) is 7.11 Å². The van der Waals surface area contributed by atoms with E-state index in [-0.39, 0.29) is 41.5 Å². The summed E-state index contributed by atoms with van der Waals surface area (Å²) in [7, 11) is 1.45. The van der Waals surface area contributed by atoms with E-state index in [1.807, 2.05) is 12.1 Å². The Kier molecular flexibility index (Phi) is 10.6. The molecule has 1 aromatic carbocycles. The maximum absolute atomic E-state index is 11.2. The minimum atomic E-state index is -0.384. The van der Waals surface area contributed by atoms with Crippen LogP contribution in [0, 0.1) is 10.1 Å². The maximum Gasteiger partial charge on any atom is 0.311 e. The van der Waals surface area contributed by atoms with Crippen molar-refractivity contribution in [3.63, 3.8) is 0 Å². The van der Waals surface area contributed by atoms with Gasteiger partial charge in [0, 0.05) is 38.3 Å². The van der Waals surface area contributed by atoms with Crippen LogP contribution in [0.5, 0.6) is 5.75 Å². The Morgan fingerprint density at radius 2 is 2.08 bits per heavy atom. The number of ether oxygens (including phenoxy) is 1. The van der Waals surface area contributed by atoms with Crippen molar-refractivity contribution in [3.05, 3.63) is 46.5 Å². The molecule has 0 aliphatic carbocycles. The third kappa shape index (κ3) is 5.63. The molecule has 0 aromatic heterocycles. The van der Waals surface area contributed by atoms with Crippen LogP contribution in [0.4, 0.5) is 5.69 Å². The van der Waals surface area contributed by atoms with Crippen molar-refractivity contribution in [3.8, 4) is 5.75 Å². The summed E-state index contributed by atoms with van der Waals surface area (Å²) in [5.74, 6) is 0.302. The molecule has 8 heteroatoms. The zero-order valence-corrected chi connectivity index (χ0v) is 15.4. The largest absolute Gasteiger partial charge is 0.490 e. The van der Waals surface area contributed by atoms with Crippen molar-refractivity contribution >= 4 is 30.5 Å². The Morgan fingerprint density at radius 1 is 1.42 bits per heavy atom. The SMILES string of the molecule is C=CCC[C@H](c1ccc(OC)c([N+](=O)[O-])c1)N1CCNCC1.Cl.Cl. The van der Waals surface area contributed by atoms with Crippen LogP contribution < -0.4 is 10.1 Å². The minimum Gasteiger partial charge on any atom is -0.490 e. The summed E-state index contributed by atoms with van der Waals surface area (Å²) in [4.78, 5) is 13.2. The van der Waals surface area contributed by atoms with E-state index in [1.54, 1.807) is 12.1 Å². The van der Waals surface area contributed by atoms with Gasteiger partial charge in [-0.15, -0.1) is 31.4 Å². The van der Waals surface area contributed by atoms with Gasteiger partial charge in [0.05, 0.1) is 12.0 Å². The van der Waals surface area contributed by atoms with Gasteiger partial charge in [0.25, 0.3) is 0 Å².